The maximum absolute atomic E-state index is 14.0. The average Bonchev–Trinajstić information content (AvgIpc) is 3.24. The molecular formula is C30H34F3N5O3. The van der Waals surface area contributed by atoms with E-state index in [2.05, 4.69) is 20.6 Å². The first kappa shape index (κ1) is 30.0. The van der Waals surface area contributed by atoms with Crippen LogP contribution in [-0.4, -0.2) is 54.3 Å². The number of rotatable bonds is 11. The molecule has 2 N–H and O–H groups in total. The standard InChI is InChI=1S/C30H34F3N5O3/c1-18(39)35-28-21(14-19-8-5-6-9-22(19)28)15-25-23(30(31,32)33)17-34-29(37-25)36-24-12-11-20(16-27(24)41-4)26(40)10-7-13-38(2)3/h5-6,8-9,11-12,16-17,21,28H,7,10,13-15H2,1-4H3,(H,35,39)(H,34,36,37)/t21-,28-/m0/s1. The molecule has 1 heterocycles. The molecule has 0 saturated heterocycles. The van der Waals surface area contributed by atoms with E-state index in [1.54, 1.807) is 18.2 Å². The number of anilines is 2. The van der Waals surface area contributed by atoms with Gasteiger partial charge in [0.2, 0.25) is 11.9 Å². The molecule has 11 heteroatoms. The van der Waals surface area contributed by atoms with Crippen molar-refractivity contribution in [3.8, 4) is 5.75 Å². The second-order valence-electron chi connectivity index (χ2n) is 10.5. The van der Waals surface area contributed by atoms with E-state index in [9.17, 15) is 22.8 Å². The molecule has 2 aromatic carbocycles. The number of carbonyl (C=O) groups is 2. The van der Waals surface area contributed by atoms with Gasteiger partial charge in [-0.2, -0.15) is 13.2 Å². The van der Waals surface area contributed by atoms with Gasteiger partial charge >= 0.3 is 6.18 Å². The molecule has 4 rings (SSSR count). The van der Waals surface area contributed by atoms with Crippen molar-refractivity contribution in [3.63, 3.8) is 0 Å². The van der Waals surface area contributed by atoms with Crippen molar-refractivity contribution in [1.29, 1.82) is 0 Å². The molecule has 8 nitrogen and oxygen atoms in total. The molecule has 2 atom stereocenters. The van der Waals surface area contributed by atoms with Crippen LogP contribution in [0.25, 0.3) is 0 Å². The number of halogens is 3. The van der Waals surface area contributed by atoms with Gasteiger partial charge in [-0.3, -0.25) is 9.59 Å². The van der Waals surface area contributed by atoms with Crippen molar-refractivity contribution in [1.82, 2.24) is 20.2 Å². The van der Waals surface area contributed by atoms with Gasteiger partial charge in [-0.25, -0.2) is 9.97 Å². The van der Waals surface area contributed by atoms with E-state index in [0.29, 0.717) is 36.3 Å². The van der Waals surface area contributed by atoms with Gasteiger partial charge in [0.1, 0.15) is 5.75 Å². The van der Waals surface area contributed by atoms with Gasteiger partial charge in [0.25, 0.3) is 0 Å². The summed E-state index contributed by atoms with van der Waals surface area (Å²) in [5.41, 5.74) is 1.67. The minimum absolute atomic E-state index is 0.0246. The summed E-state index contributed by atoms with van der Waals surface area (Å²) in [6, 6.07) is 12.0. The van der Waals surface area contributed by atoms with Crippen LogP contribution in [-0.2, 0) is 23.8 Å². The van der Waals surface area contributed by atoms with Crippen LogP contribution in [0.2, 0.25) is 0 Å². The Hall–Kier alpha value is -3.99. The van der Waals surface area contributed by atoms with Crippen LogP contribution in [0.4, 0.5) is 24.8 Å². The Morgan fingerprint density at radius 1 is 1.15 bits per heavy atom. The first-order chi connectivity index (χ1) is 19.5. The fourth-order valence-electron chi connectivity index (χ4n) is 5.19. The Labute approximate surface area is 237 Å². The highest BCUT2D eigenvalue weighted by molar-refractivity contribution is 5.97. The number of fused-ring (bicyclic) bond motifs is 1. The van der Waals surface area contributed by atoms with Crippen LogP contribution in [0.5, 0.6) is 5.75 Å². The third-order valence-corrected chi connectivity index (χ3v) is 7.11. The summed E-state index contributed by atoms with van der Waals surface area (Å²) < 4.78 is 47.4. The molecule has 0 bridgehead atoms. The number of ether oxygens (including phenoxy) is 1. The van der Waals surface area contributed by atoms with Crippen LogP contribution in [0.15, 0.2) is 48.7 Å². The van der Waals surface area contributed by atoms with Crippen LogP contribution in [0, 0.1) is 5.92 Å². The Morgan fingerprint density at radius 3 is 2.59 bits per heavy atom. The van der Waals surface area contributed by atoms with E-state index in [1.807, 2.05) is 43.3 Å². The van der Waals surface area contributed by atoms with Gasteiger partial charge in [0.05, 0.1) is 30.1 Å². The van der Waals surface area contributed by atoms with E-state index in [0.717, 1.165) is 23.9 Å². The SMILES string of the molecule is COc1cc(C(=O)CCCN(C)C)ccc1Nc1ncc(C(F)(F)F)c(C[C@@H]2Cc3ccccc3[C@H]2NC(C)=O)n1. The zero-order valence-corrected chi connectivity index (χ0v) is 23.5. The number of hydrogen-bond donors (Lipinski definition) is 2. The Bertz CT molecular complexity index is 1410. The average molecular weight is 570 g/mol. The Balaban J connectivity index is 1.59. The Morgan fingerprint density at radius 2 is 1.90 bits per heavy atom. The Kier molecular flexibility index (Phi) is 9.27. The normalized spacial score (nSPS) is 16.4. The number of nitrogens with zero attached hydrogens (tertiary/aromatic N) is 3. The molecule has 1 aliphatic carbocycles. The topological polar surface area (TPSA) is 96.5 Å². The molecule has 41 heavy (non-hydrogen) atoms. The molecule has 0 fully saturated rings. The molecule has 0 spiro atoms. The predicted octanol–water partition coefficient (Wildman–Crippen LogP) is 5.36. The highest BCUT2D eigenvalue weighted by Gasteiger charge is 2.39. The molecule has 1 amide bonds. The lowest BCUT2D eigenvalue weighted by Gasteiger charge is -2.23. The summed E-state index contributed by atoms with van der Waals surface area (Å²) in [6.07, 6.45) is -2.31. The van der Waals surface area contributed by atoms with E-state index in [4.69, 9.17) is 4.74 Å². The zero-order chi connectivity index (χ0) is 29.7. The molecule has 218 valence electrons. The third kappa shape index (κ3) is 7.40. The van der Waals surface area contributed by atoms with E-state index in [1.165, 1.54) is 14.0 Å². The molecule has 0 radical (unpaired) electrons. The molecule has 1 aliphatic rings. The molecule has 0 unspecified atom stereocenters. The molecule has 0 aliphatic heterocycles. The van der Waals surface area contributed by atoms with Crippen molar-refractivity contribution in [2.24, 2.45) is 5.92 Å². The van der Waals surface area contributed by atoms with Crippen molar-refractivity contribution >= 4 is 23.3 Å². The number of alkyl halides is 3. The minimum atomic E-state index is -4.66. The highest BCUT2D eigenvalue weighted by Crippen LogP contribution is 2.40. The number of benzene rings is 2. The maximum Gasteiger partial charge on any atom is 0.419 e. The van der Waals surface area contributed by atoms with Gasteiger partial charge in [-0.05, 0) is 75.1 Å². The largest absolute Gasteiger partial charge is 0.495 e. The second-order valence-corrected chi connectivity index (χ2v) is 10.5. The van der Waals surface area contributed by atoms with Gasteiger partial charge in [0, 0.05) is 25.1 Å². The number of hydrogen-bond acceptors (Lipinski definition) is 7. The van der Waals surface area contributed by atoms with Gasteiger partial charge < -0.3 is 20.3 Å². The van der Waals surface area contributed by atoms with Crippen LogP contribution in [0.1, 0.15) is 58.5 Å². The fourth-order valence-corrected chi connectivity index (χ4v) is 5.19. The third-order valence-electron chi connectivity index (χ3n) is 7.11. The van der Waals surface area contributed by atoms with Crippen molar-refractivity contribution < 1.29 is 27.5 Å². The fraction of sp³-hybridized carbons (Fsp3) is 0.400. The van der Waals surface area contributed by atoms with Gasteiger partial charge in [-0.1, -0.05) is 24.3 Å². The van der Waals surface area contributed by atoms with E-state index >= 15 is 0 Å². The van der Waals surface area contributed by atoms with Gasteiger partial charge in [-0.15, -0.1) is 0 Å². The van der Waals surface area contributed by atoms with Crippen LogP contribution in [0.3, 0.4) is 0 Å². The van der Waals surface area contributed by atoms with E-state index < -0.39 is 17.8 Å². The quantitative estimate of drug-likeness (QED) is 0.300. The summed E-state index contributed by atoms with van der Waals surface area (Å²) in [4.78, 5) is 34.8. The smallest absolute Gasteiger partial charge is 0.419 e. The molecule has 3 aromatic rings. The maximum atomic E-state index is 14.0. The second kappa shape index (κ2) is 12.7. The summed E-state index contributed by atoms with van der Waals surface area (Å²) in [6.45, 7) is 2.18. The predicted molar refractivity (Wildman–Crippen MR) is 149 cm³/mol. The number of methoxy groups -OCH3 is 1. The first-order valence-electron chi connectivity index (χ1n) is 13.4. The number of amides is 1. The van der Waals surface area contributed by atoms with E-state index in [-0.39, 0.29) is 35.7 Å². The molecule has 1 aromatic heterocycles. The number of carbonyl (C=O) groups excluding carboxylic acids is 2. The summed E-state index contributed by atoms with van der Waals surface area (Å²) >= 11 is 0. The lowest BCUT2D eigenvalue weighted by atomic mass is 9.93. The van der Waals surface area contributed by atoms with Crippen molar-refractivity contribution in [2.45, 2.75) is 44.8 Å². The molecular weight excluding hydrogens is 535 g/mol. The summed E-state index contributed by atoms with van der Waals surface area (Å²) in [7, 11) is 5.33. The van der Waals surface area contributed by atoms with Crippen molar-refractivity contribution in [3.05, 3.63) is 76.6 Å². The molecule has 0 saturated carbocycles. The summed E-state index contributed by atoms with van der Waals surface area (Å²) in [5, 5.41) is 5.85. The first-order valence-corrected chi connectivity index (χ1v) is 13.4. The highest BCUT2D eigenvalue weighted by atomic mass is 19.4. The number of Topliss-reactive ketones (excluding diaryl/α,β-unsaturated/α-hetero) is 1. The number of ketones is 1. The van der Waals surface area contributed by atoms with Gasteiger partial charge in [0.15, 0.2) is 5.78 Å². The van der Waals surface area contributed by atoms with Crippen molar-refractivity contribution in [2.75, 3.05) is 33.1 Å². The number of nitrogens with one attached hydrogen (secondary N) is 2. The minimum Gasteiger partial charge on any atom is -0.495 e. The van der Waals surface area contributed by atoms with Crippen LogP contribution < -0.4 is 15.4 Å². The number of aromatic nitrogens is 2. The lowest BCUT2D eigenvalue weighted by molar-refractivity contribution is -0.138. The lowest BCUT2D eigenvalue weighted by Crippen LogP contribution is -2.31. The van der Waals surface area contributed by atoms with Crippen LogP contribution >= 0.6 is 0 Å². The summed E-state index contributed by atoms with van der Waals surface area (Å²) in [5.74, 6) is -0.318. The zero-order valence-electron chi connectivity index (χ0n) is 23.5. The monoisotopic (exact) mass is 569 g/mol.